The van der Waals surface area contributed by atoms with E-state index in [0.29, 0.717) is 22.9 Å². The lowest BCUT2D eigenvalue weighted by Gasteiger charge is -2.16. The van der Waals surface area contributed by atoms with Gasteiger partial charge in [0.15, 0.2) is 11.5 Å². The van der Waals surface area contributed by atoms with Gasteiger partial charge in [0.2, 0.25) is 0 Å². The van der Waals surface area contributed by atoms with Crippen molar-refractivity contribution in [1.82, 2.24) is 5.32 Å². The van der Waals surface area contributed by atoms with Crippen LogP contribution in [0.25, 0.3) is 0 Å². The minimum atomic E-state index is -0.377. The molecule has 4 N–H and O–H groups in total. The molecule has 0 aromatic heterocycles. The Hall–Kier alpha value is -2.44. The number of halogens is 1. The topological polar surface area (TPSA) is 90.8 Å². The van der Waals surface area contributed by atoms with Crippen LogP contribution < -0.4 is 15.4 Å². The van der Waals surface area contributed by atoms with E-state index in [1.165, 1.54) is 7.11 Å². The lowest BCUT2D eigenvalue weighted by molar-refractivity contribution is 0.218. The highest BCUT2D eigenvalue weighted by atomic mass is 35.5. The maximum Gasteiger partial charge on any atom is 0.319 e. The van der Waals surface area contributed by atoms with Gasteiger partial charge in [-0.2, -0.15) is 0 Å². The van der Waals surface area contributed by atoms with Gasteiger partial charge in [-0.1, -0.05) is 23.7 Å². The van der Waals surface area contributed by atoms with Crippen molar-refractivity contribution in [2.75, 3.05) is 25.6 Å². The molecule has 0 saturated heterocycles. The molecule has 0 fully saturated rings. The second kappa shape index (κ2) is 9.15. The molecule has 2 rings (SSSR count). The van der Waals surface area contributed by atoms with Gasteiger partial charge in [-0.3, -0.25) is 0 Å². The number of phenolic OH excluding ortho intramolecular Hbond substituents is 1. The zero-order chi connectivity index (χ0) is 18.2. The third-order valence-electron chi connectivity index (χ3n) is 3.66. The smallest absolute Gasteiger partial charge is 0.319 e. The molecule has 0 aliphatic rings. The fourth-order valence-corrected chi connectivity index (χ4v) is 2.57. The number of benzene rings is 2. The zero-order valence-corrected chi connectivity index (χ0v) is 14.6. The number of hydrogen-bond donors (Lipinski definition) is 4. The van der Waals surface area contributed by atoms with Gasteiger partial charge in [0.25, 0.3) is 0 Å². The number of carbonyl (C=O) groups is 1. The van der Waals surface area contributed by atoms with Crippen molar-refractivity contribution in [2.24, 2.45) is 5.92 Å². The molecule has 1 atom stereocenters. The van der Waals surface area contributed by atoms with Crippen LogP contribution in [0.3, 0.4) is 0 Å². The number of aliphatic hydroxyl groups is 1. The second-order valence-electron chi connectivity index (χ2n) is 5.60. The molecule has 2 amide bonds. The molecule has 7 heteroatoms. The van der Waals surface area contributed by atoms with Crippen LogP contribution in [-0.4, -0.2) is 36.5 Å². The van der Waals surface area contributed by atoms with Gasteiger partial charge in [0, 0.05) is 29.8 Å². The summed E-state index contributed by atoms with van der Waals surface area (Å²) in [7, 11) is 1.48. The Morgan fingerprint density at radius 1 is 1.28 bits per heavy atom. The van der Waals surface area contributed by atoms with Gasteiger partial charge in [-0.25, -0.2) is 4.79 Å². The first-order chi connectivity index (χ1) is 12.0. The molecule has 2 aromatic rings. The summed E-state index contributed by atoms with van der Waals surface area (Å²) in [6.07, 6.45) is 0.505. The van der Waals surface area contributed by atoms with E-state index < -0.39 is 0 Å². The maximum atomic E-state index is 11.9. The summed E-state index contributed by atoms with van der Waals surface area (Å²) in [4.78, 5) is 11.9. The van der Waals surface area contributed by atoms with E-state index in [2.05, 4.69) is 10.6 Å². The molecule has 0 spiro atoms. The molecule has 0 saturated carbocycles. The van der Waals surface area contributed by atoms with Crippen LogP contribution >= 0.6 is 11.6 Å². The number of aliphatic hydroxyl groups excluding tert-OH is 1. The Balaban J connectivity index is 1.87. The monoisotopic (exact) mass is 364 g/mol. The molecule has 0 radical (unpaired) electrons. The molecule has 134 valence electrons. The van der Waals surface area contributed by atoms with E-state index in [9.17, 15) is 15.0 Å². The van der Waals surface area contributed by atoms with Crippen molar-refractivity contribution >= 4 is 23.3 Å². The fourth-order valence-electron chi connectivity index (χ4n) is 2.38. The highest BCUT2D eigenvalue weighted by Gasteiger charge is 2.12. The van der Waals surface area contributed by atoms with E-state index >= 15 is 0 Å². The average molecular weight is 365 g/mol. The lowest BCUT2D eigenvalue weighted by Crippen LogP contribution is -2.34. The summed E-state index contributed by atoms with van der Waals surface area (Å²) in [5.74, 6) is 0.254. The average Bonchev–Trinajstić information content (AvgIpc) is 2.58. The zero-order valence-electron chi connectivity index (χ0n) is 13.8. The largest absolute Gasteiger partial charge is 0.504 e. The Morgan fingerprint density at radius 3 is 2.72 bits per heavy atom. The van der Waals surface area contributed by atoms with Crippen LogP contribution in [0, 0.1) is 5.92 Å². The molecule has 0 heterocycles. The van der Waals surface area contributed by atoms with Gasteiger partial charge >= 0.3 is 6.03 Å². The summed E-state index contributed by atoms with van der Waals surface area (Å²) < 4.78 is 5.00. The SMILES string of the molecule is COc1ccc(CC(CO)CNC(=O)Nc2cccc(Cl)c2)cc1O. The Labute approximate surface area is 151 Å². The first-order valence-corrected chi connectivity index (χ1v) is 8.16. The molecule has 0 bridgehead atoms. The predicted molar refractivity (Wildman–Crippen MR) is 97.4 cm³/mol. The number of ether oxygens (including phenoxy) is 1. The number of hydrogen-bond acceptors (Lipinski definition) is 4. The first-order valence-electron chi connectivity index (χ1n) is 7.79. The van der Waals surface area contributed by atoms with E-state index in [-0.39, 0.29) is 30.9 Å². The number of methoxy groups -OCH3 is 1. The molecule has 1 unspecified atom stereocenters. The number of phenols is 1. The second-order valence-corrected chi connectivity index (χ2v) is 6.04. The Kier molecular flexibility index (Phi) is 6.91. The van der Waals surface area contributed by atoms with Crippen LogP contribution in [0.15, 0.2) is 42.5 Å². The third-order valence-corrected chi connectivity index (χ3v) is 3.89. The number of urea groups is 1. The van der Waals surface area contributed by atoms with Crippen LogP contribution in [-0.2, 0) is 6.42 Å². The number of aromatic hydroxyl groups is 1. The standard InChI is InChI=1S/C18H21ClN2O4/c1-25-17-6-5-12(8-16(17)23)7-13(11-22)10-20-18(24)21-15-4-2-3-14(19)9-15/h2-6,8-9,13,22-23H,7,10-11H2,1H3,(H2,20,21,24). The van der Waals surface area contributed by atoms with Crippen molar-refractivity contribution in [2.45, 2.75) is 6.42 Å². The Bertz CT molecular complexity index is 724. The molecule has 6 nitrogen and oxygen atoms in total. The molecular formula is C18H21ClN2O4. The van der Waals surface area contributed by atoms with Gasteiger partial charge in [-0.15, -0.1) is 0 Å². The lowest BCUT2D eigenvalue weighted by atomic mass is 9.99. The van der Waals surface area contributed by atoms with Crippen molar-refractivity contribution in [3.8, 4) is 11.5 Å². The summed E-state index contributed by atoms with van der Waals surface area (Å²) in [5.41, 5.74) is 1.43. The van der Waals surface area contributed by atoms with Gasteiger partial charge in [0.1, 0.15) is 0 Å². The van der Waals surface area contributed by atoms with Crippen molar-refractivity contribution in [1.29, 1.82) is 0 Å². The summed E-state index contributed by atoms with van der Waals surface area (Å²) >= 11 is 5.87. The van der Waals surface area contributed by atoms with Crippen LogP contribution in [0.2, 0.25) is 5.02 Å². The third kappa shape index (κ3) is 5.85. The van der Waals surface area contributed by atoms with Crippen LogP contribution in [0.4, 0.5) is 10.5 Å². The first kappa shape index (κ1) is 18.9. The van der Waals surface area contributed by atoms with Crippen molar-refractivity contribution in [3.63, 3.8) is 0 Å². The Morgan fingerprint density at radius 2 is 2.08 bits per heavy atom. The van der Waals surface area contributed by atoms with Gasteiger partial charge < -0.3 is 25.6 Å². The number of nitrogens with one attached hydrogen (secondary N) is 2. The molecule has 0 aliphatic carbocycles. The highest BCUT2D eigenvalue weighted by molar-refractivity contribution is 6.30. The van der Waals surface area contributed by atoms with E-state index in [0.717, 1.165) is 5.56 Å². The summed E-state index contributed by atoms with van der Waals surface area (Å²) in [5, 5.41) is 25.3. The van der Waals surface area contributed by atoms with Crippen LogP contribution in [0.1, 0.15) is 5.56 Å². The molecule has 25 heavy (non-hydrogen) atoms. The van der Waals surface area contributed by atoms with E-state index in [4.69, 9.17) is 16.3 Å². The highest BCUT2D eigenvalue weighted by Crippen LogP contribution is 2.27. The van der Waals surface area contributed by atoms with Crippen molar-refractivity contribution < 1.29 is 19.7 Å². The minimum Gasteiger partial charge on any atom is -0.504 e. The predicted octanol–water partition coefficient (Wildman–Crippen LogP) is 3.03. The number of rotatable bonds is 7. The van der Waals surface area contributed by atoms with Gasteiger partial charge in [0.05, 0.1) is 7.11 Å². The molecule has 2 aromatic carbocycles. The maximum absolute atomic E-state index is 11.9. The summed E-state index contributed by atoms with van der Waals surface area (Å²) in [6.45, 7) is 0.194. The normalized spacial score (nSPS) is 11.6. The molecular weight excluding hydrogens is 344 g/mol. The van der Waals surface area contributed by atoms with Crippen molar-refractivity contribution in [3.05, 3.63) is 53.1 Å². The quantitative estimate of drug-likeness (QED) is 0.607. The summed E-state index contributed by atoms with van der Waals surface area (Å²) in [6, 6.07) is 11.5. The van der Waals surface area contributed by atoms with Crippen LogP contribution in [0.5, 0.6) is 11.5 Å². The number of amides is 2. The number of anilines is 1. The minimum absolute atomic E-state index is 0.0448. The van der Waals surface area contributed by atoms with E-state index in [1.807, 2.05) is 6.07 Å². The van der Waals surface area contributed by atoms with E-state index in [1.54, 1.807) is 36.4 Å². The number of carbonyl (C=O) groups excluding carboxylic acids is 1. The molecule has 0 aliphatic heterocycles. The fraction of sp³-hybridized carbons (Fsp3) is 0.278. The van der Waals surface area contributed by atoms with Gasteiger partial charge in [-0.05, 0) is 42.3 Å².